The number of carbonyl (C=O) groups excluding carboxylic acids is 4. The summed E-state index contributed by atoms with van der Waals surface area (Å²) in [6.45, 7) is -1.02. The maximum Gasteiger partial charge on any atom is 0.411 e. The molecule has 2 aromatic rings. The quantitative estimate of drug-likeness (QED) is 0.459. The third-order valence-corrected chi connectivity index (χ3v) is 3.93. The van der Waals surface area contributed by atoms with Gasteiger partial charge in [-0.1, -0.05) is 0 Å². The lowest BCUT2D eigenvalue weighted by molar-refractivity contribution is 0.0670. The Labute approximate surface area is 176 Å². The molecule has 0 fully saturated rings. The van der Waals surface area contributed by atoms with Crippen molar-refractivity contribution < 1.29 is 43.6 Å². The number of phenols is 2. The number of Topliss-reactive ketones (excluding diaryl/α,β-unsaturated/α-hetero) is 2. The molecule has 11 heteroatoms. The largest absolute Gasteiger partial charge is 0.507 e. The molecule has 2 aromatic carbocycles. The first-order chi connectivity index (χ1) is 14.7. The van der Waals surface area contributed by atoms with Gasteiger partial charge in [-0.25, -0.2) is 9.59 Å². The topological polar surface area (TPSA) is 160 Å². The van der Waals surface area contributed by atoms with E-state index in [1.807, 2.05) is 0 Å². The average Bonchev–Trinajstić information content (AvgIpc) is 2.73. The zero-order valence-corrected chi connectivity index (χ0v) is 16.6. The van der Waals surface area contributed by atoms with E-state index >= 15 is 0 Å². The fourth-order valence-electron chi connectivity index (χ4n) is 2.42. The summed E-state index contributed by atoms with van der Waals surface area (Å²) in [5, 5.41) is 24.6. The second-order valence-electron chi connectivity index (χ2n) is 6.04. The molecule has 0 atom stereocenters. The van der Waals surface area contributed by atoms with Gasteiger partial charge >= 0.3 is 12.2 Å². The number of nitrogens with one attached hydrogen (secondary N) is 2. The summed E-state index contributed by atoms with van der Waals surface area (Å²) in [4.78, 5) is 46.7. The predicted molar refractivity (Wildman–Crippen MR) is 108 cm³/mol. The van der Waals surface area contributed by atoms with Crippen LogP contribution in [0.5, 0.6) is 11.5 Å². The number of hydrogen-bond acceptors (Lipinski definition) is 9. The molecule has 2 rings (SSSR count). The molecule has 0 bridgehead atoms. The van der Waals surface area contributed by atoms with Gasteiger partial charge in [-0.2, -0.15) is 0 Å². The van der Waals surface area contributed by atoms with Crippen molar-refractivity contribution >= 4 is 35.1 Å². The second-order valence-corrected chi connectivity index (χ2v) is 6.04. The second kappa shape index (κ2) is 10.6. The van der Waals surface area contributed by atoms with Crippen molar-refractivity contribution in [2.45, 2.75) is 0 Å². The van der Waals surface area contributed by atoms with Gasteiger partial charge in [0.25, 0.3) is 0 Å². The normalized spacial score (nSPS) is 10.1. The fraction of sp³-hybridized carbons (Fsp3) is 0.200. The van der Waals surface area contributed by atoms with E-state index in [1.54, 1.807) is 0 Å². The monoisotopic (exact) mass is 432 g/mol. The van der Waals surface area contributed by atoms with Gasteiger partial charge in [-0.3, -0.25) is 20.2 Å². The summed E-state index contributed by atoms with van der Waals surface area (Å²) < 4.78 is 14.0. The zero-order chi connectivity index (χ0) is 23.0. The van der Waals surface area contributed by atoms with Crippen molar-refractivity contribution in [3.63, 3.8) is 0 Å². The highest BCUT2D eigenvalue weighted by Gasteiger charge is 2.16. The Kier molecular flexibility index (Phi) is 7.92. The number of rotatable bonds is 8. The highest BCUT2D eigenvalue weighted by Crippen LogP contribution is 2.24. The summed E-state index contributed by atoms with van der Waals surface area (Å²) in [5.74, 6) is -1.98. The van der Waals surface area contributed by atoms with E-state index in [2.05, 4.69) is 20.1 Å². The van der Waals surface area contributed by atoms with Gasteiger partial charge in [-0.05, 0) is 24.3 Å². The van der Waals surface area contributed by atoms with Gasteiger partial charge < -0.3 is 24.4 Å². The van der Waals surface area contributed by atoms with E-state index in [0.717, 1.165) is 12.1 Å². The van der Waals surface area contributed by atoms with Crippen molar-refractivity contribution in [1.82, 2.24) is 0 Å². The Bertz CT molecular complexity index is 925. The molecule has 0 aromatic heterocycles. The lowest BCUT2D eigenvalue weighted by atomic mass is 10.1. The van der Waals surface area contributed by atoms with Gasteiger partial charge in [0, 0.05) is 23.5 Å². The molecule has 0 spiro atoms. The van der Waals surface area contributed by atoms with Crippen LogP contribution in [0.1, 0.15) is 20.7 Å². The van der Waals surface area contributed by atoms with Crippen LogP contribution in [0, 0.1) is 0 Å². The van der Waals surface area contributed by atoms with Gasteiger partial charge in [0.05, 0.1) is 25.3 Å². The van der Waals surface area contributed by atoms with Crippen molar-refractivity contribution in [2.75, 3.05) is 38.1 Å². The molecule has 164 valence electrons. The van der Waals surface area contributed by atoms with Crippen molar-refractivity contribution in [3.05, 3.63) is 47.5 Å². The van der Waals surface area contributed by atoms with Crippen molar-refractivity contribution in [1.29, 1.82) is 0 Å². The number of benzene rings is 2. The molecule has 0 unspecified atom stereocenters. The highest BCUT2D eigenvalue weighted by atomic mass is 16.5. The molecule has 0 aliphatic heterocycles. The fourth-order valence-corrected chi connectivity index (χ4v) is 2.42. The Balaban J connectivity index is 1.92. The van der Waals surface area contributed by atoms with Crippen LogP contribution in [0.3, 0.4) is 0 Å². The number of hydrogen-bond donors (Lipinski definition) is 4. The lowest BCUT2D eigenvalue weighted by Gasteiger charge is -2.09. The first kappa shape index (κ1) is 23.2. The van der Waals surface area contributed by atoms with Crippen LogP contribution < -0.4 is 10.6 Å². The van der Waals surface area contributed by atoms with Crippen molar-refractivity contribution in [2.24, 2.45) is 0 Å². The minimum absolute atomic E-state index is 0.0658. The first-order valence-corrected chi connectivity index (χ1v) is 8.75. The lowest BCUT2D eigenvalue weighted by Crippen LogP contribution is -2.16. The highest BCUT2D eigenvalue weighted by molar-refractivity contribution is 6.02. The van der Waals surface area contributed by atoms with Crippen LogP contribution in [0.4, 0.5) is 21.0 Å². The van der Waals surface area contributed by atoms with Gasteiger partial charge in [0.1, 0.15) is 24.7 Å². The van der Waals surface area contributed by atoms with E-state index in [9.17, 15) is 29.4 Å². The molecule has 31 heavy (non-hydrogen) atoms. The summed E-state index contributed by atoms with van der Waals surface area (Å²) in [6, 6.07) is 7.67. The molecule has 2 amide bonds. The summed E-state index contributed by atoms with van der Waals surface area (Å²) in [6.07, 6.45) is -1.48. The first-order valence-electron chi connectivity index (χ1n) is 8.75. The number of carbonyl (C=O) groups is 4. The summed E-state index contributed by atoms with van der Waals surface area (Å²) in [7, 11) is 2.36. The van der Waals surface area contributed by atoms with Gasteiger partial charge in [0.15, 0.2) is 11.6 Å². The molecule has 4 N–H and O–H groups in total. The van der Waals surface area contributed by atoms with E-state index in [1.165, 1.54) is 38.5 Å². The molecule has 0 aliphatic carbocycles. The molecule has 0 saturated heterocycles. The Morgan fingerprint density at radius 1 is 0.742 bits per heavy atom. The van der Waals surface area contributed by atoms with Crippen molar-refractivity contribution in [3.8, 4) is 11.5 Å². The summed E-state index contributed by atoms with van der Waals surface area (Å²) >= 11 is 0. The van der Waals surface area contributed by atoms with Crippen LogP contribution in [0.2, 0.25) is 0 Å². The third kappa shape index (κ3) is 6.44. The number of aromatic hydroxyl groups is 2. The minimum Gasteiger partial charge on any atom is -0.507 e. The standard InChI is InChI=1S/C20H20N2O9/c1-29-19(27)21-11-3-5-13(15(23)7-11)17(25)9-31-10-18(26)14-6-4-12(8-16(14)24)22-20(28)30-2/h3-8,23-24H,9-10H2,1-2H3,(H,21,27)(H,22,28). The van der Waals surface area contributed by atoms with Crippen LogP contribution in [-0.2, 0) is 14.2 Å². The number of ether oxygens (including phenoxy) is 3. The van der Waals surface area contributed by atoms with E-state index < -0.39 is 37.0 Å². The molecule has 0 saturated carbocycles. The molecule has 0 aliphatic rings. The van der Waals surface area contributed by atoms with Crippen LogP contribution >= 0.6 is 0 Å². The SMILES string of the molecule is COC(=O)Nc1ccc(C(=O)COCC(=O)c2ccc(NC(=O)OC)cc2O)c(O)c1. The average molecular weight is 432 g/mol. The molecule has 0 heterocycles. The number of ketones is 2. The molecular weight excluding hydrogens is 412 g/mol. The molecule has 11 nitrogen and oxygen atoms in total. The number of anilines is 2. The minimum atomic E-state index is -0.738. The van der Waals surface area contributed by atoms with E-state index in [4.69, 9.17) is 4.74 Å². The number of amides is 2. The third-order valence-electron chi connectivity index (χ3n) is 3.93. The zero-order valence-electron chi connectivity index (χ0n) is 16.6. The Morgan fingerprint density at radius 3 is 1.45 bits per heavy atom. The Hall–Kier alpha value is -4.12. The van der Waals surface area contributed by atoms with E-state index in [-0.39, 0.29) is 34.0 Å². The van der Waals surface area contributed by atoms with Crippen LogP contribution in [-0.4, -0.2) is 61.4 Å². The number of phenolic OH excluding ortho intramolecular Hbond substituents is 2. The maximum atomic E-state index is 12.2. The molecular formula is C20H20N2O9. The van der Waals surface area contributed by atoms with Crippen LogP contribution in [0.25, 0.3) is 0 Å². The smallest absolute Gasteiger partial charge is 0.411 e. The molecule has 0 radical (unpaired) electrons. The Morgan fingerprint density at radius 2 is 1.13 bits per heavy atom. The number of methoxy groups -OCH3 is 2. The van der Waals surface area contributed by atoms with Gasteiger partial charge in [-0.15, -0.1) is 0 Å². The predicted octanol–water partition coefficient (Wildman–Crippen LogP) is 2.54. The van der Waals surface area contributed by atoms with Gasteiger partial charge in [0.2, 0.25) is 0 Å². The summed E-state index contributed by atoms with van der Waals surface area (Å²) in [5.41, 5.74) is 0.308. The maximum absolute atomic E-state index is 12.2. The van der Waals surface area contributed by atoms with Crippen LogP contribution in [0.15, 0.2) is 36.4 Å². The van der Waals surface area contributed by atoms with E-state index in [0.29, 0.717) is 0 Å².